The number of carbonyl (C=O) groups excluding carboxylic acids is 1. The lowest BCUT2D eigenvalue weighted by Gasteiger charge is -2.18. The molecule has 8 nitrogen and oxygen atoms in total. The van der Waals surface area contributed by atoms with E-state index in [0.29, 0.717) is 40.9 Å². The van der Waals surface area contributed by atoms with Crippen LogP contribution in [0.1, 0.15) is 37.0 Å². The number of nitrogens with zero attached hydrogens (tertiary/aromatic N) is 4. The normalized spacial score (nSPS) is 12.2. The number of rotatable bonds is 9. The maximum Gasteiger partial charge on any atom is 0.227 e. The molecule has 0 fully saturated rings. The van der Waals surface area contributed by atoms with Gasteiger partial charge >= 0.3 is 0 Å². The molecule has 0 radical (unpaired) electrons. The summed E-state index contributed by atoms with van der Waals surface area (Å²) in [6.07, 6.45) is 2.54. The fourth-order valence-corrected chi connectivity index (χ4v) is 3.89. The minimum atomic E-state index is -0.740. The second kappa shape index (κ2) is 11.1. The molecule has 182 valence electrons. The van der Waals surface area contributed by atoms with Gasteiger partial charge in [0.25, 0.3) is 0 Å². The summed E-state index contributed by atoms with van der Waals surface area (Å²) < 4.78 is 22.9. The molecule has 3 N–H and O–H groups in total. The highest BCUT2D eigenvalue weighted by molar-refractivity contribution is 6.31. The lowest BCUT2D eigenvalue weighted by molar-refractivity contribution is -0.109. The summed E-state index contributed by atoms with van der Waals surface area (Å²) in [7, 11) is 1.66. The van der Waals surface area contributed by atoms with Crippen LogP contribution >= 0.6 is 11.6 Å². The number of nitrogens with two attached hydrogens (primary N) is 1. The van der Waals surface area contributed by atoms with Crippen molar-refractivity contribution in [1.82, 2.24) is 15.2 Å². The smallest absolute Gasteiger partial charge is 0.227 e. The zero-order valence-corrected chi connectivity index (χ0v) is 20.7. The molecule has 0 aliphatic heterocycles. The van der Waals surface area contributed by atoms with Gasteiger partial charge in [-0.05, 0) is 37.5 Å². The molecule has 3 rings (SSSR count). The number of halogens is 2. The summed E-state index contributed by atoms with van der Waals surface area (Å²) in [6.45, 7) is 5.78. The zero-order valence-electron chi connectivity index (χ0n) is 19.9. The molecule has 0 aliphatic carbocycles. The van der Waals surface area contributed by atoms with E-state index in [1.165, 1.54) is 10.7 Å². The van der Waals surface area contributed by atoms with Crippen molar-refractivity contribution in [1.29, 1.82) is 5.26 Å². The maximum atomic E-state index is 15.5. The van der Waals surface area contributed by atoms with Crippen LogP contribution < -0.4 is 15.9 Å². The third kappa shape index (κ3) is 5.19. The average molecular weight is 497 g/mol. The SMILES string of the molecule is CCC(C)Oc1cc(Cl)c(F)c(-c2c(-c3ccc(C)c(/C(CN)=N\NC=O)c3)cnn2C)c1C#N. The minimum absolute atomic E-state index is 0.00534. The van der Waals surface area contributed by atoms with Crippen molar-refractivity contribution in [2.75, 3.05) is 6.54 Å². The number of nitrogens with one attached hydrogen (secondary N) is 1. The molecule has 1 atom stereocenters. The van der Waals surface area contributed by atoms with E-state index in [1.54, 1.807) is 13.2 Å². The number of carbonyl (C=O) groups is 1. The third-order valence-electron chi connectivity index (χ3n) is 5.68. The first-order chi connectivity index (χ1) is 16.8. The van der Waals surface area contributed by atoms with Crippen LogP contribution in [0.15, 0.2) is 35.6 Å². The third-order valence-corrected chi connectivity index (χ3v) is 5.95. The molecule has 1 unspecified atom stereocenters. The van der Waals surface area contributed by atoms with Gasteiger partial charge in [-0.3, -0.25) is 9.48 Å². The number of aryl methyl sites for hydroxylation is 2. The summed E-state index contributed by atoms with van der Waals surface area (Å²) in [6, 6.07) is 8.96. The first-order valence-electron chi connectivity index (χ1n) is 11.0. The number of hydrogen-bond donors (Lipinski definition) is 2. The van der Waals surface area contributed by atoms with Crippen LogP contribution in [0, 0.1) is 24.1 Å². The number of amides is 1. The van der Waals surface area contributed by atoms with Crippen LogP contribution in [0.25, 0.3) is 22.4 Å². The second-order valence-corrected chi connectivity index (χ2v) is 8.35. The number of ether oxygens (including phenoxy) is 1. The summed E-state index contributed by atoms with van der Waals surface area (Å²) in [5, 5.41) is 18.2. The molecular weight excluding hydrogens is 471 g/mol. The van der Waals surface area contributed by atoms with E-state index >= 15 is 4.39 Å². The van der Waals surface area contributed by atoms with Crippen molar-refractivity contribution in [3.63, 3.8) is 0 Å². The quantitative estimate of drug-likeness (QED) is 0.260. The molecule has 10 heteroatoms. The highest BCUT2D eigenvalue weighted by atomic mass is 35.5. The van der Waals surface area contributed by atoms with Gasteiger partial charge in [0.05, 0.1) is 34.3 Å². The molecule has 0 bridgehead atoms. The van der Waals surface area contributed by atoms with Gasteiger partial charge < -0.3 is 10.5 Å². The minimum Gasteiger partial charge on any atom is -0.489 e. The van der Waals surface area contributed by atoms with Crippen LogP contribution in [-0.2, 0) is 11.8 Å². The number of benzene rings is 2. The lowest BCUT2D eigenvalue weighted by Crippen LogP contribution is -2.20. The molecule has 35 heavy (non-hydrogen) atoms. The Kier molecular flexibility index (Phi) is 8.22. The Morgan fingerprint density at radius 3 is 2.83 bits per heavy atom. The zero-order chi connectivity index (χ0) is 25.7. The van der Waals surface area contributed by atoms with Crippen molar-refractivity contribution >= 4 is 23.7 Å². The molecule has 1 aromatic heterocycles. The molecule has 2 aromatic carbocycles. The largest absolute Gasteiger partial charge is 0.489 e. The highest BCUT2D eigenvalue weighted by Gasteiger charge is 2.26. The van der Waals surface area contributed by atoms with Crippen LogP contribution in [-0.4, -0.2) is 34.6 Å². The van der Waals surface area contributed by atoms with Gasteiger partial charge in [0.1, 0.15) is 17.4 Å². The predicted octanol–water partition coefficient (Wildman–Crippen LogP) is 4.31. The fraction of sp³-hybridized carbons (Fsp3) is 0.280. The number of nitriles is 1. The van der Waals surface area contributed by atoms with E-state index in [-0.39, 0.29) is 34.5 Å². The Hall–Kier alpha value is -3.74. The van der Waals surface area contributed by atoms with E-state index in [0.717, 1.165) is 5.56 Å². The fourth-order valence-electron chi connectivity index (χ4n) is 3.70. The van der Waals surface area contributed by atoms with Crippen molar-refractivity contribution < 1.29 is 13.9 Å². The van der Waals surface area contributed by atoms with Crippen LogP contribution in [0.3, 0.4) is 0 Å². The van der Waals surface area contributed by atoms with E-state index in [4.69, 9.17) is 22.1 Å². The summed E-state index contributed by atoms with van der Waals surface area (Å²) >= 11 is 6.24. The molecule has 0 saturated carbocycles. The average Bonchev–Trinajstić information content (AvgIpc) is 3.23. The highest BCUT2D eigenvalue weighted by Crippen LogP contribution is 2.41. The molecule has 0 spiro atoms. The Labute approximate surface area is 208 Å². The monoisotopic (exact) mass is 496 g/mol. The van der Waals surface area contributed by atoms with E-state index < -0.39 is 5.82 Å². The molecular formula is C25H26ClFN6O2. The standard InChI is InChI=1S/C25H26ClFN6O2/c1-5-15(3)35-22-9-20(26)24(27)23(18(22)10-28)25-19(12-31-33(25)4)16-7-6-14(2)17(8-16)21(11-29)32-30-13-34/h6-9,12-13,15H,5,11,29H2,1-4H3,(H,30,34)/b32-21-. The molecule has 1 heterocycles. The maximum absolute atomic E-state index is 15.5. The summed E-state index contributed by atoms with van der Waals surface area (Å²) in [4.78, 5) is 10.7. The lowest BCUT2D eigenvalue weighted by atomic mass is 9.93. The number of hydrazone groups is 1. The Morgan fingerprint density at radius 2 is 2.20 bits per heavy atom. The van der Waals surface area contributed by atoms with Crippen LogP contribution in [0.4, 0.5) is 4.39 Å². The molecule has 0 saturated heterocycles. The topological polar surface area (TPSA) is 118 Å². The first kappa shape index (κ1) is 25.9. The Bertz CT molecular complexity index is 1330. The van der Waals surface area contributed by atoms with Crippen LogP contribution in [0.2, 0.25) is 5.02 Å². The Balaban J connectivity index is 2.28. The van der Waals surface area contributed by atoms with E-state index in [9.17, 15) is 10.1 Å². The van der Waals surface area contributed by atoms with Gasteiger partial charge in [0.2, 0.25) is 6.41 Å². The number of aromatic nitrogens is 2. The molecule has 0 aliphatic rings. The van der Waals surface area contributed by atoms with Gasteiger partial charge in [-0.2, -0.15) is 15.5 Å². The van der Waals surface area contributed by atoms with Gasteiger partial charge in [0, 0.05) is 30.8 Å². The molecule has 3 aromatic rings. The van der Waals surface area contributed by atoms with E-state index in [1.807, 2.05) is 39.0 Å². The van der Waals surface area contributed by atoms with Crippen molar-refractivity contribution in [2.45, 2.75) is 33.3 Å². The Morgan fingerprint density at radius 1 is 1.46 bits per heavy atom. The summed E-state index contributed by atoms with van der Waals surface area (Å²) in [5.74, 6) is -0.534. The predicted molar refractivity (Wildman–Crippen MR) is 134 cm³/mol. The van der Waals surface area contributed by atoms with Gasteiger partial charge in [-0.15, -0.1) is 0 Å². The summed E-state index contributed by atoms with van der Waals surface area (Å²) in [5.41, 5.74) is 11.9. The van der Waals surface area contributed by atoms with Gasteiger partial charge in [-0.25, -0.2) is 9.82 Å². The van der Waals surface area contributed by atoms with Gasteiger partial charge in [-0.1, -0.05) is 30.7 Å². The van der Waals surface area contributed by atoms with Crippen molar-refractivity contribution in [2.24, 2.45) is 17.9 Å². The van der Waals surface area contributed by atoms with E-state index in [2.05, 4.69) is 21.7 Å². The number of hydrogen-bond acceptors (Lipinski definition) is 6. The first-order valence-corrected chi connectivity index (χ1v) is 11.3. The molecule has 1 amide bonds. The van der Waals surface area contributed by atoms with Crippen molar-refractivity contribution in [3.05, 3.63) is 58.0 Å². The van der Waals surface area contributed by atoms with Crippen LogP contribution in [0.5, 0.6) is 5.75 Å². The van der Waals surface area contributed by atoms with Crippen molar-refractivity contribution in [3.8, 4) is 34.2 Å². The van der Waals surface area contributed by atoms with Gasteiger partial charge in [0.15, 0.2) is 5.82 Å². The second-order valence-electron chi connectivity index (χ2n) is 7.94.